The number of nitrogens with one attached hydrogen (secondary N) is 1. The number of para-hydroxylation sites is 1. The van der Waals surface area contributed by atoms with Crippen molar-refractivity contribution < 1.29 is 14.3 Å². The smallest absolute Gasteiger partial charge is 0.259 e. The van der Waals surface area contributed by atoms with Crippen molar-refractivity contribution in [1.82, 2.24) is 9.78 Å². The van der Waals surface area contributed by atoms with Crippen molar-refractivity contribution in [1.29, 1.82) is 0 Å². The molecular weight excluding hydrogens is 452 g/mol. The fourth-order valence-corrected chi connectivity index (χ4v) is 3.81. The Hall–Kier alpha value is -5.04. The van der Waals surface area contributed by atoms with E-state index in [-0.39, 0.29) is 5.91 Å². The molecule has 3 N–H and O–H groups in total. The molecule has 178 valence electrons. The van der Waals surface area contributed by atoms with Crippen molar-refractivity contribution in [3.05, 3.63) is 115 Å². The number of nitrogens with zero attached hydrogens (tertiary/aromatic N) is 2. The summed E-state index contributed by atoms with van der Waals surface area (Å²) >= 11 is 0. The van der Waals surface area contributed by atoms with E-state index in [9.17, 15) is 4.79 Å². The minimum absolute atomic E-state index is 0.311. The Labute approximate surface area is 208 Å². The Balaban J connectivity index is 1.45. The molecule has 4 aromatic carbocycles. The van der Waals surface area contributed by atoms with E-state index in [0.29, 0.717) is 39.9 Å². The van der Waals surface area contributed by atoms with Gasteiger partial charge in [-0.25, -0.2) is 4.68 Å². The topological polar surface area (TPSA) is 91.4 Å². The zero-order valence-electron chi connectivity index (χ0n) is 19.6. The zero-order valence-corrected chi connectivity index (χ0v) is 19.6. The molecular formula is C29H24N4O3. The lowest BCUT2D eigenvalue weighted by atomic mass is 10.1. The summed E-state index contributed by atoms with van der Waals surface area (Å²) in [7, 11) is 1.59. The molecule has 1 amide bonds. The van der Waals surface area contributed by atoms with Gasteiger partial charge in [0.05, 0.1) is 18.4 Å². The summed E-state index contributed by atoms with van der Waals surface area (Å²) in [5.74, 6) is 1.44. The van der Waals surface area contributed by atoms with E-state index >= 15 is 0 Å². The van der Waals surface area contributed by atoms with Crippen LogP contribution in [0, 0.1) is 0 Å². The summed E-state index contributed by atoms with van der Waals surface area (Å²) in [5.41, 5.74) is 9.77. The number of carbonyl (C=O) groups excluding carboxylic acids is 1. The van der Waals surface area contributed by atoms with Crippen molar-refractivity contribution in [2.75, 3.05) is 18.2 Å². The van der Waals surface area contributed by atoms with Crippen LogP contribution < -0.4 is 20.5 Å². The van der Waals surface area contributed by atoms with Gasteiger partial charge in [0.15, 0.2) is 0 Å². The third-order valence-corrected chi connectivity index (χ3v) is 5.49. The van der Waals surface area contributed by atoms with Crippen LogP contribution in [0.3, 0.4) is 0 Å². The molecule has 7 nitrogen and oxygen atoms in total. The van der Waals surface area contributed by atoms with Gasteiger partial charge in [-0.15, -0.1) is 0 Å². The summed E-state index contributed by atoms with van der Waals surface area (Å²) in [6.07, 6.45) is 1.73. The molecule has 0 radical (unpaired) electrons. The number of amides is 1. The average Bonchev–Trinajstić information content (AvgIpc) is 3.35. The Morgan fingerprint density at radius 1 is 0.833 bits per heavy atom. The first-order chi connectivity index (χ1) is 17.6. The lowest BCUT2D eigenvalue weighted by Crippen LogP contribution is -2.12. The summed E-state index contributed by atoms with van der Waals surface area (Å²) in [4.78, 5) is 13.5. The maximum atomic E-state index is 13.5. The zero-order chi connectivity index (χ0) is 24.9. The average molecular weight is 477 g/mol. The molecule has 0 aliphatic rings. The summed E-state index contributed by atoms with van der Waals surface area (Å²) < 4.78 is 12.9. The first kappa shape index (κ1) is 22.7. The van der Waals surface area contributed by atoms with Crippen LogP contribution in [0.25, 0.3) is 16.9 Å². The summed E-state index contributed by atoms with van der Waals surface area (Å²) in [5, 5.41) is 7.66. The molecule has 0 aliphatic heterocycles. The van der Waals surface area contributed by atoms with Crippen LogP contribution in [-0.4, -0.2) is 22.8 Å². The predicted octanol–water partition coefficient (Wildman–Crippen LogP) is 6.17. The highest BCUT2D eigenvalue weighted by Gasteiger charge is 2.19. The van der Waals surface area contributed by atoms with Gasteiger partial charge in [-0.3, -0.25) is 4.79 Å². The third kappa shape index (κ3) is 5.05. The fourth-order valence-electron chi connectivity index (χ4n) is 3.81. The molecule has 0 bridgehead atoms. The fraction of sp³-hybridized carbons (Fsp3) is 0.0345. The monoisotopic (exact) mass is 476 g/mol. The Kier molecular flexibility index (Phi) is 6.36. The van der Waals surface area contributed by atoms with Crippen LogP contribution in [0.15, 0.2) is 109 Å². The van der Waals surface area contributed by atoms with Gasteiger partial charge >= 0.3 is 0 Å². The molecule has 1 aromatic heterocycles. The molecule has 0 saturated heterocycles. The van der Waals surface area contributed by atoms with E-state index in [1.165, 1.54) is 0 Å². The molecule has 5 rings (SSSR count). The highest BCUT2D eigenvalue weighted by molar-refractivity contribution is 6.08. The second-order valence-corrected chi connectivity index (χ2v) is 8.06. The van der Waals surface area contributed by atoms with Gasteiger partial charge in [-0.2, -0.15) is 5.10 Å². The lowest BCUT2D eigenvalue weighted by Gasteiger charge is -2.11. The quantitative estimate of drug-likeness (QED) is 0.274. The summed E-state index contributed by atoms with van der Waals surface area (Å²) in [6, 6.07) is 31.6. The molecule has 0 spiro atoms. The number of hydrogen-bond acceptors (Lipinski definition) is 5. The maximum absolute atomic E-state index is 13.5. The molecule has 0 aliphatic carbocycles. The molecule has 0 saturated carbocycles. The lowest BCUT2D eigenvalue weighted by molar-refractivity contribution is 0.102. The van der Waals surface area contributed by atoms with Gasteiger partial charge in [0.25, 0.3) is 5.91 Å². The second-order valence-electron chi connectivity index (χ2n) is 8.06. The number of nitrogen functional groups attached to an aromatic ring is 1. The number of carbonyl (C=O) groups is 1. The SMILES string of the molecule is COc1cccc(Oc2cc(N)cc(NC(=O)c3cn(-c4ccccc4)nc3-c3ccccc3)c2)c1. The molecule has 5 aromatic rings. The molecule has 0 atom stereocenters. The van der Waals surface area contributed by atoms with Crippen LogP contribution in [0.5, 0.6) is 17.2 Å². The number of anilines is 2. The normalized spacial score (nSPS) is 10.6. The minimum atomic E-state index is -0.311. The third-order valence-electron chi connectivity index (χ3n) is 5.49. The number of hydrogen-bond donors (Lipinski definition) is 2. The molecule has 36 heavy (non-hydrogen) atoms. The highest BCUT2D eigenvalue weighted by atomic mass is 16.5. The van der Waals surface area contributed by atoms with E-state index in [1.54, 1.807) is 42.3 Å². The van der Waals surface area contributed by atoms with Gasteiger partial charge in [-0.05, 0) is 30.3 Å². The first-order valence-corrected chi connectivity index (χ1v) is 11.3. The number of methoxy groups -OCH3 is 1. The standard InChI is InChI=1S/C29H24N4O3/c1-35-24-13-8-14-25(18-24)36-26-16-21(30)15-22(17-26)31-29(34)27-19-33(23-11-6-3-7-12-23)32-28(27)20-9-4-2-5-10-20/h2-19H,30H2,1H3,(H,31,34). The largest absolute Gasteiger partial charge is 0.497 e. The van der Waals surface area contributed by atoms with Crippen LogP contribution in [0.1, 0.15) is 10.4 Å². The van der Waals surface area contributed by atoms with E-state index in [0.717, 1.165) is 11.3 Å². The Morgan fingerprint density at radius 2 is 1.56 bits per heavy atom. The predicted molar refractivity (Wildman–Crippen MR) is 141 cm³/mol. The van der Waals surface area contributed by atoms with Crippen LogP contribution in [-0.2, 0) is 0 Å². The van der Waals surface area contributed by atoms with Gasteiger partial charge < -0.3 is 20.5 Å². The molecule has 7 heteroatoms. The van der Waals surface area contributed by atoms with Crippen molar-refractivity contribution in [3.63, 3.8) is 0 Å². The second kappa shape index (κ2) is 10.1. The Morgan fingerprint density at radius 3 is 2.31 bits per heavy atom. The van der Waals surface area contributed by atoms with Crippen molar-refractivity contribution >= 4 is 17.3 Å². The van der Waals surface area contributed by atoms with Gasteiger partial charge in [-0.1, -0.05) is 54.6 Å². The number of aromatic nitrogens is 2. The first-order valence-electron chi connectivity index (χ1n) is 11.3. The molecule has 0 unspecified atom stereocenters. The number of ether oxygens (including phenoxy) is 2. The maximum Gasteiger partial charge on any atom is 0.259 e. The Bertz CT molecular complexity index is 1500. The van der Waals surface area contributed by atoms with Crippen LogP contribution in [0.4, 0.5) is 11.4 Å². The van der Waals surface area contributed by atoms with Gasteiger partial charge in [0, 0.05) is 41.3 Å². The van der Waals surface area contributed by atoms with Crippen molar-refractivity contribution in [2.45, 2.75) is 0 Å². The molecule has 1 heterocycles. The van der Waals surface area contributed by atoms with E-state index in [2.05, 4.69) is 5.32 Å². The van der Waals surface area contributed by atoms with E-state index < -0.39 is 0 Å². The highest BCUT2D eigenvalue weighted by Crippen LogP contribution is 2.30. The van der Waals surface area contributed by atoms with E-state index in [1.807, 2.05) is 78.9 Å². The summed E-state index contributed by atoms with van der Waals surface area (Å²) in [6.45, 7) is 0. The van der Waals surface area contributed by atoms with E-state index in [4.69, 9.17) is 20.3 Å². The van der Waals surface area contributed by atoms with Crippen LogP contribution >= 0.6 is 0 Å². The van der Waals surface area contributed by atoms with Crippen LogP contribution in [0.2, 0.25) is 0 Å². The minimum Gasteiger partial charge on any atom is -0.497 e. The number of nitrogens with two attached hydrogens (primary N) is 1. The number of benzene rings is 4. The molecule has 0 fully saturated rings. The van der Waals surface area contributed by atoms with Gasteiger partial charge in [0.1, 0.15) is 22.9 Å². The van der Waals surface area contributed by atoms with Gasteiger partial charge in [0.2, 0.25) is 0 Å². The van der Waals surface area contributed by atoms with Crippen molar-refractivity contribution in [3.8, 4) is 34.2 Å². The number of rotatable bonds is 7. The van der Waals surface area contributed by atoms with Crippen molar-refractivity contribution in [2.24, 2.45) is 0 Å².